The number of methoxy groups -OCH3 is 2. The van der Waals surface area contributed by atoms with Crippen LogP contribution in [0.15, 0.2) is 84.9 Å². The zero-order valence-electron chi connectivity index (χ0n) is 26.5. The molecule has 0 amide bonds. The van der Waals surface area contributed by atoms with Crippen molar-refractivity contribution in [1.82, 2.24) is 0 Å². The van der Waals surface area contributed by atoms with E-state index in [1.807, 2.05) is 37.3 Å². The first-order valence-electron chi connectivity index (χ1n) is 15.4. The van der Waals surface area contributed by atoms with E-state index in [2.05, 4.69) is 0 Å². The first-order chi connectivity index (χ1) is 23.3. The number of benzene rings is 4. The second-order valence-corrected chi connectivity index (χ2v) is 11.2. The lowest BCUT2D eigenvalue weighted by Gasteiger charge is -2.26. The SMILES string of the molecule is CCCOc1ccc2c(c1)[C@@H](c1ccc(OC)cc1OC(OC)C(=O)OC(=O)c1ccccc1)[C@H](C(=O)O)[C@H]2c1ccc2c(c1)OCO2. The van der Waals surface area contributed by atoms with Crippen LogP contribution < -0.4 is 23.7 Å². The van der Waals surface area contributed by atoms with Crippen LogP contribution in [-0.2, 0) is 19.1 Å². The van der Waals surface area contributed by atoms with Crippen molar-refractivity contribution >= 4 is 17.9 Å². The summed E-state index contributed by atoms with van der Waals surface area (Å²) in [5.74, 6) is -3.22. The number of carbonyl (C=O) groups is 3. The molecule has 0 saturated carbocycles. The molecule has 0 radical (unpaired) electrons. The van der Waals surface area contributed by atoms with Crippen LogP contribution in [0, 0.1) is 5.92 Å². The molecular weight excluding hydrogens is 620 g/mol. The first-order valence-corrected chi connectivity index (χ1v) is 15.4. The molecule has 0 aromatic heterocycles. The van der Waals surface area contributed by atoms with Crippen LogP contribution in [0.25, 0.3) is 0 Å². The summed E-state index contributed by atoms with van der Waals surface area (Å²) in [6.45, 7) is 2.56. The molecule has 1 aliphatic carbocycles. The molecule has 1 N–H and O–H groups in total. The van der Waals surface area contributed by atoms with E-state index in [9.17, 15) is 19.5 Å². The van der Waals surface area contributed by atoms with Crippen molar-refractivity contribution in [1.29, 1.82) is 0 Å². The fourth-order valence-electron chi connectivity index (χ4n) is 6.22. The molecule has 11 heteroatoms. The number of carbonyl (C=O) groups excluding carboxylic acids is 2. The van der Waals surface area contributed by atoms with E-state index in [-0.39, 0.29) is 18.1 Å². The number of hydrogen-bond acceptors (Lipinski definition) is 10. The summed E-state index contributed by atoms with van der Waals surface area (Å²) in [4.78, 5) is 39.1. The Morgan fingerprint density at radius 3 is 2.31 bits per heavy atom. The predicted molar refractivity (Wildman–Crippen MR) is 171 cm³/mol. The highest BCUT2D eigenvalue weighted by Gasteiger charge is 2.48. The van der Waals surface area contributed by atoms with Crippen molar-refractivity contribution in [2.45, 2.75) is 31.5 Å². The molecule has 0 fully saturated rings. The minimum Gasteiger partial charge on any atom is -0.497 e. The number of rotatable bonds is 12. The predicted octanol–water partition coefficient (Wildman–Crippen LogP) is 5.93. The lowest BCUT2D eigenvalue weighted by atomic mass is 9.79. The van der Waals surface area contributed by atoms with Crippen molar-refractivity contribution in [2.24, 2.45) is 5.92 Å². The van der Waals surface area contributed by atoms with Gasteiger partial charge >= 0.3 is 17.9 Å². The number of aliphatic carboxylic acids is 1. The normalized spacial score (nSPS) is 18.0. The van der Waals surface area contributed by atoms with Crippen LogP contribution in [0.3, 0.4) is 0 Å². The monoisotopic (exact) mass is 654 g/mol. The maximum atomic E-state index is 13.3. The van der Waals surface area contributed by atoms with Crippen molar-refractivity contribution in [3.05, 3.63) is 113 Å². The maximum Gasteiger partial charge on any atom is 0.384 e. The molecule has 0 bridgehead atoms. The molecule has 4 aromatic rings. The summed E-state index contributed by atoms with van der Waals surface area (Å²) in [6, 6.07) is 24.0. The summed E-state index contributed by atoms with van der Waals surface area (Å²) in [5.41, 5.74) is 2.85. The fraction of sp³-hybridized carbons (Fsp3) is 0.270. The molecule has 1 aliphatic heterocycles. The van der Waals surface area contributed by atoms with Gasteiger partial charge in [-0.05, 0) is 65.6 Å². The second kappa shape index (κ2) is 14.1. The van der Waals surface area contributed by atoms with Crippen LogP contribution in [0.1, 0.15) is 57.8 Å². The Hall–Kier alpha value is -5.55. The number of ether oxygens (including phenoxy) is 7. The number of hydrogen-bond donors (Lipinski definition) is 1. The lowest BCUT2D eigenvalue weighted by Crippen LogP contribution is -2.33. The number of carboxylic acid groups (broad SMARTS) is 1. The van der Waals surface area contributed by atoms with Crippen LogP contribution in [0.5, 0.6) is 28.7 Å². The van der Waals surface area contributed by atoms with Gasteiger partial charge in [-0.3, -0.25) is 4.79 Å². The minimum atomic E-state index is -1.67. The third-order valence-electron chi connectivity index (χ3n) is 8.36. The summed E-state index contributed by atoms with van der Waals surface area (Å²) < 4.78 is 39.1. The third kappa shape index (κ3) is 6.37. The molecule has 6 rings (SSSR count). The molecule has 248 valence electrons. The van der Waals surface area contributed by atoms with Gasteiger partial charge in [0.1, 0.15) is 17.2 Å². The van der Waals surface area contributed by atoms with Gasteiger partial charge < -0.3 is 38.3 Å². The highest BCUT2D eigenvalue weighted by molar-refractivity contribution is 5.97. The van der Waals surface area contributed by atoms with Gasteiger partial charge in [-0.25, -0.2) is 9.59 Å². The molecule has 4 atom stereocenters. The summed E-state index contributed by atoms with van der Waals surface area (Å²) in [7, 11) is 2.70. The number of esters is 2. The Bertz CT molecular complexity index is 1820. The van der Waals surface area contributed by atoms with E-state index in [0.717, 1.165) is 17.5 Å². The number of carboxylic acids is 1. The topological polar surface area (TPSA) is 136 Å². The molecule has 1 unspecified atom stereocenters. The maximum absolute atomic E-state index is 13.3. The summed E-state index contributed by atoms with van der Waals surface area (Å²) >= 11 is 0. The van der Waals surface area contributed by atoms with Gasteiger partial charge in [0, 0.05) is 30.6 Å². The Labute approximate surface area is 276 Å². The Kier molecular flexibility index (Phi) is 9.49. The smallest absolute Gasteiger partial charge is 0.384 e. The second-order valence-electron chi connectivity index (χ2n) is 11.2. The van der Waals surface area contributed by atoms with Crippen LogP contribution in [0.4, 0.5) is 0 Å². The van der Waals surface area contributed by atoms with E-state index >= 15 is 0 Å². The van der Waals surface area contributed by atoms with Crippen LogP contribution in [0.2, 0.25) is 0 Å². The molecule has 11 nitrogen and oxygen atoms in total. The van der Waals surface area contributed by atoms with Crippen molar-refractivity contribution in [2.75, 3.05) is 27.6 Å². The van der Waals surface area contributed by atoms with Gasteiger partial charge in [-0.15, -0.1) is 0 Å². The highest BCUT2D eigenvalue weighted by Crippen LogP contribution is 2.56. The van der Waals surface area contributed by atoms with Gasteiger partial charge in [-0.2, -0.15) is 0 Å². The average molecular weight is 655 g/mol. The highest BCUT2D eigenvalue weighted by atomic mass is 16.7. The third-order valence-corrected chi connectivity index (χ3v) is 8.36. The zero-order chi connectivity index (χ0) is 33.8. The van der Waals surface area contributed by atoms with Gasteiger partial charge in [0.05, 0.1) is 25.2 Å². The lowest BCUT2D eigenvalue weighted by molar-refractivity contribution is -0.167. The fourth-order valence-corrected chi connectivity index (χ4v) is 6.22. The molecule has 1 heterocycles. The van der Waals surface area contributed by atoms with E-state index in [1.54, 1.807) is 36.4 Å². The van der Waals surface area contributed by atoms with E-state index in [4.69, 9.17) is 33.2 Å². The standard InChI is InChI=1S/C37H34O11/c1-4-16-44-24-12-13-25-27(18-24)32(33(34(38)39)31(25)22-10-15-28-30(17-22)46-20-45-28)26-14-11-23(42-2)19-29(26)47-37(43-3)36(41)48-35(40)21-8-6-5-7-9-21/h5-15,17-19,31-33,37H,4,16,20H2,1-3H3,(H,38,39)/t31-,32+,33+,37?/m0/s1. The summed E-state index contributed by atoms with van der Waals surface area (Å²) in [6.07, 6.45) is -0.882. The van der Waals surface area contributed by atoms with Crippen LogP contribution in [-0.4, -0.2) is 56.9 Å². The van der Waals surface area contributed by atoms with E-state index in [1.165, 1.54) is 32.4 Å². The Balaban J connectivity index is 1.43. The van der Waals surface area contributed by atoms with E-state index < -0.39 is 42.0 Å². The van der Waals surface area contributed by atoms with Crippen molar-refractivity contribution in [3.63, 3.8) is 0 Å². The van der Waals surface area contributed by atoms with Gasteiger partial charge in [-0.1, -0.05) is 43.3 Å². The van der Waals surface area contributed by atoms with E-state index in [0.29, 0.717) is 40.7 Å². The van der Waals surface area contributed by atoms with Crippen molar-refractivity contribution in [3.8, 4) is 28.7 Å². The molecule has 48 heavy (non-hydrogen) atoms. The first kappa shape index (κ1) is 32.4. The number of fused-ring (bicyclic) bond motifs is 2. The van der Waals surface area contributed by atoms with Gasteiger partial charge in [0.2, 0.25) is 6.79 Å². The molecule has 4 aromatic carbocycles. The van der Waals surface area contributed by atoms with Crippen molar-refractivity contribution < 1.29 is 52.6 Å². The van der Waals surface area contributed by atoms with Gasteiger partial charge in [0.15, 0.2) is 11.5 Å². The zero-order valence-corrected chi connectivity index (χ0v) is 26.5. The largest absolute Gasteiger partial charge is 0.497 e. The van der Waals surface area contributed by atoms with Gasteiger partial charge in [0.25, 0.3) is 6.29 Å². The van der Waals surface area contributed by atoms with Crippen LogP contribution >= 0.6 is 0 Å². The minimum absolute atomic E-state index is 0.0791. The molecule has 2 aliphatic rings. The average Bonchev–Trinajstić information content (AvgIpc) is 3.72. The Morgan fingerprint density at radius 1 is 0.833 bits per heavy atom. The molecule has 0 spiro atoms. The Morgan fingerprint density at radius 2 is 1.58 bits per heavy atom. The quantitative estimate of drug-likeness (QED) is 0.111. The molecular formula is C37H34O11. The molecule has 0 saturated heterocycles. The summed E-state index contributed by atoms with van der Waals surface area (Å²) in [5, 5.41) is 10.9.